The molecule has 2 saturated heterocycles. The molecule has 29 heavy (non-hydrogen) atoms. The van der Waals surface area contributed by atoms with Crippen LogP contribution in [0.1, 0.15) is 24.9 Å². The fraction of sp³-hybridized carbons (Fsp3) is 0.409. The molecule has 1 amide bonds. The SMILES string of the molecule is CCOc1ccccc1N1CCN(C(=O)C2CC(c3ccccc3Cl)NN2)CC1. The van der Waals surface area contributed by atoms with Crippen LogP contribution in [0.15, 0.2) is 48.5 Å². The summed E-state index contributed by atoms with van der Waals surface area (Å²) in [5.74, 6) is 1.05. The molecule has 0 aromatic heterocycles. The summed E-state index contributed by atoms with van der Waals surface area (Å²) in [6.45, 7) is 5.63. The van der Waals surface area contributed by atoms with Crippen molar-refractivity contribution < 1.29 is 9.53 Å². The topological polar surface area (TPSA) is 56.8 Å². The summed E-state index contributed by atoms with van der Waals surface area (Å²) in [7, 11) is 0. The molecule has 2 aliphatic heterocycles. The van der Waals surface area contributed by atoms with Gasteiger partial charge in [-0.3, -0.25) is 4.79 Å². The number of hydrogen-bond donors (Lipinski definition) is 2. The molecule has 0 spiro atoms. The maximum atomic E-state index is 13.0. The Bertz CT molecular complexity index is 854. The number of rotatable bonds is 5. The number of anilines is 1. The van der Waals surface area contributed by atoms with E-state index in [0.717, 1.165) is 35.1 Å². The molecule has 6 nitrogen and oxygen atoms in total. The van der Waals surface area contributed by atoms with Crippen LogP contribution in [-0.2, 0) is 4.79 Å². The van der Waals surface area contributed by atoms with Crippen molar-refractivity contribution in [2.24, 2.45) is 0 Å². The van der Waals surface area contributed by atoms with Crippen LogP contribution in [-0.4, -0.2) is 49.6 Å². The van der Waals surface area contributed by atoms with Crippen molar-refractivity contribution in [1.29, 1.82) is 0 Å². The third-order valence-electron chi connectivity index (χ3n) is 5.58. The summed E-state index contributed by atoms with van der Waals surface area (Å²) in [5.41, 5.74) is 8.52. The number of hydrazine groups is 1. The highest BCUT2D eigenvalue weighted by Gasteiger charge is 2.34. The third kappa shape index (κ3) is 4.34. The van der Waals surface area contributed by atoms with E-state index in [2.05, 4.69) is 21.8 Å². The monoisotopic (exact) mass is 414 g/mol. The first-order valence-electron chi connectivity index (χ1n) is 10.2. The van der Waals surface area contributed by atoms with E-state index < -0.39 is 0 Å². The molecule has 2 atom stereocenters. The summed E-state index contributed by atoms with van der Waals surface area (Å²) < 4.78 is 5.76. The minimum Gasteiger partial charge on any atom is -0.492 e. The van der Waals surface area contributed by atoms with Gasteiger partial charge in [0.1, 0.15) is 11.8 Å². The van der Waals surface area contributed by atoms with E-state index in [9.17, 15) is 4.79 Å². The van der Waals surface area contributed by atoms with E-state index >= 15 is 0 Å². The Labute approximate surface area is 176 Å². The zero-order valence-corrected chi connectivity index (χ0v) is 17.4. The first-order chi connectivity index (χ1) is 14.2. The van der Waals surface area contributed by atoms with E-state index in [0.29, 0.717) is 26.1 Å². The third-order valence-corrected chi connectivity index (χ3v) is 5.92. The van der Waals surface area contributed by atoms with Crippen LogP contribution < -0.4 is 20.5 Å². The summed E-state index contributed by atoms with van der Waals surface area (Å²) in [4.78, 5) is 17.3. The van der Waals surface area contributed by atoms with Crippen molar-refractivity contribution in [3.05, 3.63) is 59.1 Å². The molecule has 2 N–H and O–H groups in total. The number of hydrogen-bond acceptors (Lipinski definition) is 5. The van der Waals surface area contributed by atoms with Gasteiger partial charge in [-0.15, -0.1) is 0 Å². The quantitative estimate of drug-likeness (QED) is 0.787. The molecule has 2 aliphatic rings. The number of nitrogens with one attached hydrogen (secondary N) is 2. The molecule has 154 valence electrons. The highest BCUT2D eigenvalue weighted by Crippen LogP contribution is 2.30. The van der Waals surface area contributed by atoms with Gasteiger partial charge in [-0.2, -0.15) is 0 Å². The standard InChI is InChI=1S/C22H27ClN4O2/c1-2-29-21-10-6-5-9-20(21)26-11-13-27(14-12-26)22(28)19-15-18(24-25-19)16-7-3-4-8-17(16)23/h3-10,18-19,24-25H,2,11-15H2,1H3. The molecule has 0 bridgehead atoms. The number of nitrogens with zero attached hydrogens (tertiary/aromatic N) is 2. The Morgan fingerprint density at radius 3 is 2.55 bits per heavy atom. The molecule has 2 heterocycles. The molecule has 0 saturated carbocycles. The Kier molecular flexibility index (Phi) is 6.23. The molecule has 0 radical (unpaired) electrons. The Balaban J connectivity index is 1.35. The van der Waals surface area contributed by atoms with Crippen molar-refractivity contribution in [3.63, 3.8) is 0 Å². The van der Waals surface area contributed by atoms with Gasteiger partial charge in [-0.05, 0) is 37.1 Å². The summed E-state index contributed by atoms with van der Waals surface area (Å²) >= 11 is 6.31. The number of carbonyl (C=O) groups excluding carboxylic acids is 1. The molecule has 2 aromatic rings. The Hall–Kier alpha value is -2.28. The number of carbonyl (C=O) groups is 1. The number of amides is 1. The molecular formula is C22H27ClN4O2. The first-order valence-corrected chi connectivity index (χ1v) is 10.6. The summed E-state index contributed by atoms with van der Waals surface area (Å²) in [5, 5.41) is 0.724. The fourth-order valence-electron chi connectivity index (χ4n) is 4.06. The zero-order valence-electron chi connectivity index (χ0n) is 16.6. The lowest BCUT2D eigenvalue weighted by Crippen LogP contribution is -2.53. The lowest BCUT2D eigenvalue weighted by molar-refractivity contribution is -0.133. The van der Waals surface area contributed by atoms with E-state index in [1.165, 1.54) is 0 Å². The number of ether oxygens (including phenoxy) is 1. The summed E-state index contributed by atoms with van der Waals surface area (Å²) in [6.07, 6.45) is 0.690. The van der Waals surface area contributed by atoms with Gasteiger partial charge in [0.15, 0.2) is 0 Å². The smallest absolute Gasteiger partial charge is 0.241 e. The van der Waals surface area contributed by atoms with Crippen LogP contribution in [0, 0.1) is 0 Å². The second-order valence-electron chi connectivity index (χ2n) is 7.36. The number of halogens is 1. The van der Waals surface area contributed by atoms with Crippen molar-refractivity contribution in [1.82, 2.24) is 15.8 Å². The molecular weight excluding hydrogens is 388 g/mol. The normalized spacial score (nSPS) is 22.0. The number of piperazine rings is 1. The van der Waals surface area contributed by atoms with Gasteiger partial charge in [-0.1, -0.05) is 41.9 Å². The van der Waals surface area contributed by atoms with Crippen molar-refractivity contribution >= 4 is 23.2 Å². The van der Waals surface area contributed by atoms with Gasteiger partial charge >= 0.3 is 0 Å². The average molecular weight is 415 g/mol. The molecule has 0 aliphatic carbocycles. The average Bonchev–Trinajstić information content (AvgIpc) is 3.24. The predicted octanol–water partition coefficient (Wildman–Crippen LogP) is 3.00. The lowest BCUT2D eigenvalue weighted by Gasteiger charge is -2.37. The summed E-state index contributed by atoms with van der Waals surface area (Å²) in [6, 6.07) is 15.7. The Morgan fingerprint density at radius 1 is 1.07 bits per heavy atom. The van der Waals surface area contributed by atoms with Gasteiger partial charge in [-0.25, -0.2) is 10.9 Å². The van der Waals surface area contributed by atoms with Crippen molar-refractivity contribution in [3.8, 4) is 5.75 Å². The van der Waals surface area contributed by atoms with Gasteiger partial charge < -0.3 is 14.5 Å². The first kappa shape index (κ1) is 20.0. The minimum absolute atomic E-state index is 0.0389. The minimum atomic E-state index is -0.237. The molecule has 2 unspecified atom stereocenters. The molecule has 2 aromatic carbocycles. The van der Waals surface area contributed by atoms with Crippen LogP contribution in [0.2, 0.25) is 5.02 Å². The van der Waals surface area contributed by atoms with Crippen LogP contribution in [0.25, 0.3) is 0 Å². The maximum Gasteiger partial charge on any atom is 0.241 e. The Morgan fingerprint density at radius 2 is 1.79 bits per heavy atom. The highest BCUT2D eigenvalue weighted by molar-refractivity contribution is 6.31. The molecule has 2 fully saturated rings. The van der Waals surface area contributed by atoms with Crippen LogP contribution in [0.3, 0.4) is 0 Å². The second kappa shape index (κ2) is 9.03. The molecule has 7 heteroatoms. The van der Waals surface area contributed by atoms with Crippen LogP contribution >= 0.6 is 11.6 Å². The maximum absolute atomic E-state index is 13.0. The van der Waals surface area contributed by atoms with Gasteiger partial charge in [0.2, 0.25) is 5.91 Å². The van der Waals surface area contributed by atoms with E-state index in [4.69, 9.17) is 16.3 Å². The molecule has 4 rings (SSSR count). The zero-order chi connectivity index (χ0) is 20.2. The number of para-hydroxylation sites is 2. The van der Waals surface area contributed by atoms with E-state index in [-0.39, 0.29) is 18.0 Å². The van der Waals surface area contributed by atoms with Gasteiger partial charge in [0, 0.05) is 37.2 Å². The van der Waals surface area contributed by atoms with Gasteiger partial charge in [0.05, 0.1) is 12.3 Å². The van der Waals surface area contributed by atoms with E-state index in [1.807, 2.05) is 54.3 Å². The highest BCUT2D eigenvalue weighted by atomic mass is 35.5. The fourth-order valence-corrected chi connectivity index (χ4v) is 4.33. The van der Waals surface area contributed by atoms with Crippen molar-refractivity contribution in [2.75, 3.05) is 37.7 Å². The largest absolute Gasteiger partial charge is 0.492 e. The lowest BCUT2D eigenvalue weighted by atomic mass is 10.0. The van der Waals surface area contributed by atoms with E-state index in [1.54, 1.807) is 0 Å². The predicted molar refractivity (Wildman–Crippen MR) is 115 cm³/mol. The van der Waals surface area contributed by atoms with Gasteiger partial charge in [0.25, 0.3) is 0 Å². The van der Waals surface area contributed by atoms with Crippen molar-refractivity contribution in [2.45, 2.75) is 25.4 Å². The number of benzene rings is 2. The van der Waals surface area contributed by atoms with Crippen LogP contribution in [0.4, 0.5) is 5.69 Å². The van der Waals surface area contributed by atoms with Crippen LogP contribution in [0.5, 0.6) is 5.75 Å². The second-order valence-corrected chi connectivity index (χ2v) is 7.77.